The minimum Gasteiger partial charge on any atom is -0.374 e. The van der Waals surface area contributed by atoms with Gasteiger partial charge in [-0.15, -0.1) is 0 Å². The molecule has 0 aliphatic heterocycles. The van der Waals surface area contributed by atoms with E-state index >= 15 is 0 Å². The first-order valence-corrected chi connectivity index (χ1v) is 7.09. The fraction of sp³-hybridized carbons (Fsp3) is 1.00. The third-order valence-electron chi connectivity index (χ3n) is 5.48. The van der Waals surface area contributed by atoms with Crippen LogP contribution in [0.5, 0.6) is 0 Å². The van der Waals surface area contributed by atoms with Crippen LogP contribution in [0, 0.1) is 22.7 Å². The van der Waals surface area contributed by atoms with Gasteiger partial charge in [0, 0.05) is 0 Å². The van der Waals surface area contributed by atoms with E-state index in [-0.39, 0.29) is 23.0 Å². The van der Waals surface area contributed by atoms with Crippen molar-refractivity contribution >= 4 is 0 Å². The summed E-state index contributed by atoms with van der Waals surface area (Å²) in [6, 6.07) is 0. The van der Waals surface area contributed by atoms with Gasteiger partial charge in [0.25, 0.3) is 0 Å². The highest BCUT2D eigenvalue weighted by molar-refractivity contribution is 4.84. The Hall–Kier alpha value is -0.0400. The molecule has 2 atom stereocenters. The molecule has 1 nitrogen and oxygen atoms in total. The van der Waals surface area contributed by atoms with Gasteiger partial charge < -0.3 is 4.74 Å². The van der Waals surface area contributed by atoms with Gasteiger partial charge in [0.2, 0.25) is 0 Å². The highest BCUT2D eigenvalue weighted by Gasteiger charge is 2.36. The Morgan fingerprint density at radius 1 is 0.588 bits per heavy atom. The van der Waals surface area contributed by atoms with Gasteiger partial charge >= 0.3 is 0 Å². The number of ether oxygens (including phenoxy) is 1. The normalized spacial score (nSPS) is 17.6. The van der Waals surface area contributed by atoms with Gasteiger partial charge in [0.1, 0.15) is 0 Å². The first-order chi connectivity index (χ1) is 7.44. The van der Waals surface area contributed by atoms with Crippen molar-refractivity contribution in [1.29, 1.82) is 0 Å². The lowest BCUT2D eigenvalue weighted by molar-refractivity contribution is -0.119. The summed E-state index contributed by atoms with van der Waals surface area (Å²) in [5.74, 6) is 1.26. The summed E-state index contributed by atoms with van der Waals surface area (Å²) in [5.41, 5.74) is 0.447. The minimum atomic E-state index is 0.224. The maximum atomic E-state index is 6.30. The number of rotatable bonds is 6. The Balaban J connectivity index is 4.65. The SMILES string of the molecule is CC(C)C(C)(C)C(C)OC(C)C(C)(C)C(C)C. The van der Waals surface area contributed by atoms with Crippen molar-refractivity contribution in [3.63, 3.8) is 0 Å². The van der Waals surface area contributed by atoms with Crippen LogP contribution in [0.15, 0.2) is 0 Å². The highest BCUT2D eigenvalue weighted by atomic mass is 16.5. The van der Waals surface area contributed by atoms with Crippen LogP contribution in [-0.2, 0) is 4.74 Å². The van der Waals surface area contributed by atoms with Crippen LogP contribution >= 0.6 is 0 Å². The maximum Gasteiger partial charge on any atom is 0.0604 e. The predicted octanol–water partition coefficient (Wildman–Crippen LogP) is 5.14. The molecule has 0 aromatic heterocycles. The van der Waals surface area contributed by atoms with E-state index in [9.17, 15) is 0 Å². The molecule has 0 aliphatic rings. The summed E-state index contributed by atoms with van der Waals surface area (Å²) in [4.78, 5) is 0. The van der Waals surface area contributed by atoms with Crippen LogP contribution in [0.4, 0.5) is 0 Å². The van der Waals surface area contributed by atoms with E-state index in [2.05, 4.69) is 69.2 Å². The monoisotopic (exact) mass is 242 g/mol. The first-order valence-electron chi connectivity index (χ1n) is 7.09. The van der Waals surface area contributed by atoms with Crippen molar-refractivity contribution in [1.82, 2.24) is 0 Å². The molecule has 0 aliphatic carbocycles. The molecule has 17 heavy (non-hydrogen) atoms. The predicted molar refractivity (Wildman–Crippen MR) is 77.2 cm³/mol. The van der Waals surface area contributed by atoms with Gasteiger partial charge in [-0.3, -0.25) is 0 Å². The zero-order chi connectivity index (χ0) is 14.0. The van der Waals surface area contributed by atoms with Crippen LogP contribution < -0.4 is 0 Å². The van der Waals surface area contributed by atoms with E-state index in [4.69, 9.17) is 4.74 Å². The van der Waals surface area contributed by atoms with Crippen LogP contribution in [0.25, 0.3) is 0 Å². The molecule has 0 rings (SSSR count). The molecular weight excluding hydrogens is 208 g/mol. The minimum absolute atomic E-state index is 0.224. The van der Waals surface area contributed by atoms with Crippen molar-refractivity contribution in [2.45, 2.75) is 81.4 Å². The summed E-state index contributed by atoms with van der Waals surface area (Å²) in [6.45, 7) is 22.7. The highest BCUT2D eigenvalue weighted by Crippen LogP contribution is 2.37. The molecular formula is C16H34O. The molecule has 0 bridgehead atoms. The third-order valence-corrected chi connectivity index (χ3v) is 5.48. The fourth-order valence-electron chi connectivity index (χ4n) is 1.60. The van der Waals surface area contributed by atoms with Gasteiger partial charge in [0.05, 0.1) is 12.2 Å². The van der Waals surface area contributed by atoms with E-state index in [0.717, 1.165) is 0 Å². The van der Waals surface area contributed by atoms with E-state index in [0.29, 0.717) is 11.8 Å². The van der Waals surface area contributed by atoms with Crippen LogP contribution in [0.3, 0.4) is 0 Å². The maximum absolute atomic E-state index is 6.30. The topological polar surface area (TPSA) is 9.23 Å². The van der Waals surface area contributed by atoms with E-state index in [1.165, 1.54) is 0 Å². The largest absolute Gasteiger partial charge is 0.374 e. The molecule has 0 fully saturated rings. The molecule has 2 unspecified atom stereocenters. The van der Waals surface area contributed by atoms with Crippen molar-refractivity contribution in [2.24, 2.45) is 22.7 Å². The summed E-state index contributed by atoms with van der Waals surface area (Å²) < 4.78 is 6.30. The molecule has 0 aromatic carbocycles. The van der Waals surface area contributed by atoms with E-state index in [1.54, 1.807) is 0 Å². The second-order valence-corrected chi connectivity index (χ2v) is 7.37. The van der Waals surface area contributed by atoms with E-state index < -0.39 is 0 Å². The average Bonchev–Trinajstić information content (AvgIpc) is 2.16. The Bertz CT molecular complexity index is 202. The Morgan fingerprint density at radius 2 is 0.824 bits per heavy atom. The fourth-order valence-corrected chi connectivity index (χ4v) is 1.60. The standard InChI is InChI=1S/C16H34O/c1-11(2)15(7,8)13(5)17-14(6)16(9,10)12(3)4/h11-14H,1-10H3. The Labute approximate surface area is 109 Å². The molecule has 0 amide bonds. The second-order valence-electron chi connectivity index (χ2n) is 7.37. The van der Waals surface area contributed by atoms with Gasteiger partial charge in [-0.05, 0) is 36.5 Å². The second kappa shape index (κ2) is 5.73. The summed E-state index contributed by atoms with van der Waals surface area (Å²) in [5, 5.41) is 0. The molecule has 0 aromatic rings. The summed E-state index contributed by atoms with van der Waals surface area (Å²) >= 11 is 0. The molecule has 0 radical (unpaired) electrons. The van der Waals surface area contributed by atoms with Crippen molar-refractivity contribution < 1.29 is 4.74 Å². The van der Waals surface area contributed by atoms with Crippen molar-refractivity contribution in [2.75, 3.05) is 0 Å². The Morgan fingerprint density at radius 3 is 1.00 bits per heavy atom. The summed E-state index contributed by atoms with van der Waals surface area (Å²) in [6.07, 6.45) is 0.575. The lowest BCUT2D eigenvalue weighted by Gasteiger charge is -2.42. The molecule has 0 N–H and O–H groups in total. The first kappa shape index (κ1) is 17.0. The van der Waals surface area contributed by atoms with E-state index in [1.807, 2.05) is 0 Å². The molecule has 1 heteroatoms. The summed E-state index contributed by atoms with van der Waals surface area (Å²) in [7, 11) is 0. The zero-order valence-electron chi connectivity index (χ0n) is 13.7. The number of hydrogen-bond acceptors (Lipinski definition) is 1. The molecule has 0 saturated carbocycles. The smallest absolute Gasteiger partial charge is 0.0604 e. The Kier molecular flexibility index (Phi) is 5.72. The number of hydrogen-bond donors (Lipinski definition) is 0. The van der Waals surface area contributed by atoms with Gasteiger partial charge in [0.15, 0.2) is 0 Å². The van der Waals surface area contributed by atoms with Gasteiger partial charge in [-0.1, -0.05) is 55.4 Å². The van der Waals surface area contributed by atoms with Crippen molar-refractivity contribution in [3.05, 3.63) is 0 Å². The lowest BCUT2D eigenvalue weighted by Crippen LogP contribution is -2.42. The quantitative estimate of drug-likeness (QED) is 0.626. The van der Waals surface area contributed by atoms with Crippen LogP contribution in [0.1, 0.15) is 69.2 Å². The van der Waals surface area contributed by atoms with Gasteiger partial charge in [-0.25, -0.2) is 0 Å². The van der Waals surface area contributed by atoms with Crippen LogP contribution in [-0.4, -0.2) is 12.2 Å². The average molecular weight is 242 g/mol. The zero-order valence-corrected chi connectivity index (χ0v) is 13.7. The molecule has 0 spiro atoms. The van der Waals surface area contributed by atoms with Crippen molar-refractivity contribution in [3.8, 4) is 0 Å². The third kappa shape index (κ3) is 3.98. The molecule has 104 valence electrons. The van der Waals surface area contributed by atoms with Crippen LogP contribution in [0.2, 0.25) is 0 Å². The molecule has 0 heterocycles. The van der Waals surface area contributed by atoms with Gasteiger partial charge in [-0.2, -0.15) is 0 Å². The molecule has 0 saturated heterocycles. The lowest BCUT2D eigenvalue weighted by atomic mass is 9.74.